The number of ether oxygens (including phenoxy) is 1. The van der Waals surface area contributed by atoms with Crippen LogP contribution in [-0.2, 0) is 0 Å². The molecule has 0 atom stereocenters. The lowest BCUT2D eigenvalue weighted by Crippen LogP contribution is -2.09. The molecule has 0 aliphatic rings. The minimum absolute atomic E-state index is 0.552. The highest BCUT2D eigenvalue weighted by molar-refractivity contribution is 7.98. The van der Waals surface area contributed by atoms with E-state index in [1.165, 1.54) is 4.90 Å². The summed E-state index contributed by atoms with van der Waals surface area (Å²) in [5, 5.41) is 0. The van der Waals surface area contributed by atoms with E-state index in [1.54, 1.807) is 11.8 Å². The minimum atomic E-state index is 0.552. The molecule has 0 spiro atoms. The molecule has 0 radical (unpaired) electrons. The van der Waals surface area contributed by atoms with Crippen LogP contribution in [0.1, 0.15) is 12.8 Å². The van der Waals surface area contributed by atoms with Crippen LogP contribution < -0.4 is 10.5 Å². The van der Waals surface area contributed by atoms with E-state index in [4.69, 9.17) is 22.7 Å². The molecule has 0 heterocycles. The summed E-state index contributed by atoms with van der Waals surface area (Å²) in [6, 6.07) is 8.06. The Hall–Kier alpha value is -0.740. The third kappa shape index (κ3) is 5.04. The second-order valence-corrected chi connectivity index (χ2v) is 4.50. The number of thiocarbonyl (C=S) groups is 1. The summed E-state index contributed by atoms with van der Waals surface area (Å²) in [6.07, 6.45) is 3.68. The molecule has 0 aromatic heterocycles. The lowest BCUT2D eigenvalue weighted by molar-refractivity contribution is 0.313. The highest BCUT2D eigenvalue weighted by atomic mass is 32.2. The van der Waals surface area contributed by atoms with E-state index in [2.05, 4.69) is 6.26 Å². The molecule has 1 aromatic carbocycles. The molecule has 0 aliphatic carbocycles. The van der Waals surface area contributed by atoms with Crippen LogP contribution in [0.2, 0.25) is 0 Å². The molecule has 0 fully saturated rings. The van der Waals surface area contributed by atoms with Crippen molar-refractivity contribution in [2.45, 2.75) is 17.7 Å². The Balaban J connectivity index is 2.28. The highest BCUT2D eigenvalue weighted by Crippen LogP contribution is 2.18. The van der Waals surface area contributed by atoms with Crippen LogP contribution in [0.15, 0.2) is 29.2 Å². The van der Waals surface area contributed by atoms with Gasteiger partial charge in [-0.15, -0.1) is 11.8 Å². The van der Waals surface area contributed by atoms with E-state index in [9.17, 15) is 0 Å². The Morgan fingerprint density at radius 2 is 2.07 bits per heavy atom. The molecule has 0 saturated carbocycles. The van der Waals surface area contributed by atoms with E-state index in [0.29, 0.717) is 11.6 Å². The molecule has 2 N–H and O–H groups in total. The summed E-state index contributed by atoms with van der Waals surface area (Å²) >= 11 is 6.50. The number of thioether (sulfide) groups is 1. The number of hydrogen-bond acceptors (Lipinski definition) is 3. The van der Waals surface area contributed by atoms with Crippen molar-refractivity contribution in [3.63, 3.8) is 0 Å². The van der Waals surface area contributed by atoms with Crippen LogP contribution in [0.3, 0.4) is 0 Å². The summed E-state index contributed by atoms with van der Waals surface area (Å²) in [7, 11) is 0. The van der Waals surface area contributed by atoms with Gasteiger partial charge in [0.2, 0.25) is 0 Å². The van der Waals surface area contributed by atoms with Crippen molar-refractivity contribution >= 4 is 29.0 Å². The fourth-order valence-electron chi connectivity index (χ4n) is 1.11. The molecule has 0 saturated heterocycles. The zero-order valence-electron chi connectivity index (χ0n) is 8.73. The third-order valence-electron chi connectivity index (χ3n) is 1.90. The van der Waals surface area contributed by atoms with Crippen LogP contribution in [0.25, 0.3) is 0 Å². The third-order valence-corrected chi connectivity index (χ3v) is 2.84. The molecule has 1 aromatic rings. The van der Waals surface area contributed by atoms with Crippen molar-refractivity contribution in [1.29, 1.82) is 0 Å². The quantitative estimate of drug-likeness (QED) is 0.472. The predicted octanol–water partition coefficient (Wildman–Crippen LogP) is 2.85. The second kappa shape index (κ2) is 6.69. The Morgan fingerprint density at radius 1 is 1.40 bits per heavy atom. The van der Waals surface area contributed by atoms with Crippen LogP contribution in [0, 0.1) is 0 Å². The Kier molecular flexibility index (Phi) is 5.50. The van der Waals surface area contributed by atoms with Crippen LogP contribution >= 0.6 is 24.0 Å². The average molecular weight is 241 g/mol. The second-order valence-electron chi connectivity index (χ2n) is 3.09. The monoisotopic (exact) mass is 241 g/mol. The summed E-state index contributed by atoms with van der Waals surface area (Å²) in [4.78, 5) is 1.79. The zero-order chi connectivity index (χ0) is 11.1. The highest BCUT2D eigenvalue weighted by Gasteiger charge is 1.95. The van der Waals surface area contributed by atoms with Gasteiger partial charge in [0, 0.05) is 11.3 Å². The summed E-state index contributed by atoms with van der Waals surface area (Å²) < 4.78 is 5.53. The molecule has 0 unspecified atom stereocenters. The Morgan fingerprint density at radius 3 is 2.60 bits per heavy atom. The van der Waals surface area contributed by atoms with Gasteiger partial charge in [0.1, 0.15) is 5.75 Å². The van der Waals surface area contributed by atoms with Crippen LogP contribution in [-0.4, -0.2) is 17.9 Å². The number of rotatable bonds is 6. The van der Waals surface area contributed by atoms with Crippen molar-refractivity contribution in [2.75, 3.05) is 12.9 Å². The summed E-state index contributed by atoms with van der Waals surface area (Å²) in [5.41, 5.74) is 5.38. The lowest BCUT2D eigenvalue weighted by Gasteiger charge is -2.05. The molecular weight excluding hydrogens is 226 g/mol. The van der Waals surface area contributed by atoms with Crippen molar-refractivity contribution in [1.82, 2.24) is 0 Å². The zero-order valence-corrected chi connectivity index (χ0v) is 10.4. The van der Waals surface area contributed by atoms with Gasteiger partial charge in [0.25, 0.3) is 0 Å². The fourth-order valence-corrected chi connectivity index (χ4v) is 1.66. The van der Waals surface area contributed by atoms with Crippen LogP contribution in [0.4, 0.5) is 0 Å². The number of hydrogen-bond donors (Lipinski definition) is 1. The largest absolute Gasteiger partial charge is 0.494 e. The van der Waals surface area contributed by atoms with Crippen molar-refractivity contribution in [2.24, 2.45) is 5.73 Å². The van der Waals surface area contributed by atoms with E-state index in [0.717, 1.165) is 18.6 Å². The number of benzene rings is 1. The summed E-state index contributed by atoms with van der Waals surface area (Å²) in [6.45, 7) is 0.663. The van der Waals surface area contributed by atoms with Gasteiger partial charge in [0.05, 0.1) is 11.6 Å². The van der Waals surface area contributed by atoms with E-state index in [1.807, 2.05) is 24.3 Å². The van der Waals surface area contributed by atoms with Gasteiger partial charge in [-0.05, 0) is 36.9 Å². The molecule has 0 aliphatic heterocycles. The van der Waals surface area contributed by atoms with Gasteiger partial charge in [0.15, 0.2) is 0 Å². The number of nitrogens with two attached hydrogens (primary N) is 1. The van der Waals surface area contributed by atoms with E-state index < -0.39 is 0 Å². The standard InChI is InChI=1S/C11H15NOS2/c1-15-10-6-4-9(5-7-10)13-8-2-3-11(12)14/h4-7H,2-3,8H2,1H3,(H2,12,14). The van der Waals surface area contributed by atoms with Gasteiger partial charge in [-0.3, -0.25) is 0 Å². The molecule has 0 bridgehead atoms. The molecule has 15 heavy (non-hydrogen) atoms. The van der Waals surface area contributed by atoms with Gasteiger partial charge in [-0.25, -0.2) is 0 Å². The molecule has 1 rings (SSSR count). The van der Waals surface area contributed by atoms with Crippen molar-refractivity contribution in [3.05, 3.63) is 24.3 Å². The SMILES string of the molecule is CSc1ccc(OCCCC(N)=S)cc1. The minimum Gasteiger partial charge on any atom is -0.494 e. The van der Waals surface area contributed by atoms with E-state index >= 15 is 0 Å². The van der Waals surface area contributed by atoms with Gasteiger partial charge >= 0.3 is 0 Å². The van der Waals surface area contributed by atoms with Gasteiger partial charge in [-0.2, -0.15) is 0 Å². The maximum Gasteiger partial charge on any atom is 0.119 e. The average Bonchev–Trinajstić information content (AvgIpc) is 2.25. The first-order chi connectivity index (χ1) is 7.22. The molecule has 0 amide bonds. The predicted molar refractivity (Wildman–Crippen MR) is 69.7 cm³/mol. The van der Waals surface area contributed by atoms with Crippen molar-refractivity contribution in [3.8, 4) is 5.75 Å². The van der Waals surface area contributed by atoms with Crippen molar-refractivity contribution < 1.29 is 4.74 Å². The fraction of sp³-hybridized carbons (Fsp3) is 0.364. The summed E-state index contributed by atoms with van der Waals surface area (Å²) in [5.74, 6) is 0.899. The van der Waals surface area contributed by atoms with Gasteiger partial charge in [-0.1, -0.05) is 12.2 Å². The van der Waals surface area contributed by atoms with E-state index in [-0.39, 0.29) is 0 Å². The smallest absolute Gasteiger partial charge is 0.119 e. The lowest BCUT2D eigenvalue weighted by atomic mass is 10.3. The first kappa shape index (κ1) is 12.3. The first-order valence-electron chi connectivity index (χ1n) is 4.77. The maximum atomic E-state index is 5.53. The molecule has 4 heteroatoms. The molecular formula is C11H15NOS2. The van der Waals surface area contributed by atoms with Gasteiger partial charge < -0.3 is 10.5 Å². The first-order valence-corrected chi connectivity index (χ1v) is 6.41. The van der Waals surface area contributed by atoms with Crippen LogP contribution in [0.5, 0.6) is 5.75 Å². The Bertz CT molecular complexity index is 311. The Labute approximate surface area is 100 Å². The topological polar surface area (TPSA) is 35.2 Å². The normalized spacial score (nSPS) is 9.93. The molecule has 82 valence electrons. The maximum absolute atomic E-state index is 5.53. The molecule has 2 nitrogen and oxygen atoms in total.